The number of benzene rings is 3. The second-order valence-electron chi connectivity index (χ2n) is 8.99. The molecule has 7 heteroatoms. The highest BCUT2D eigenvalue weighted by molar-refractivity contribution is 5.81. The van der Waals surface area contributed by atoms with E-state index in [4.69, 9.17) is 9.47 Å². The summed E-state index contributed by atoms with van der Waals surface area (Å²) in [4.78, 5) is 28.0. The van der Waals surface area contributed by atoms with Crippen LogP contribution >= 0.6 is 0 Å². The molecular weight excluding hydrogens is 442 g/mol. The number of piperidine rings is 1. The molecule has 35 heavy (non-hydrogen) atoms. The van der Waals surface area contributed by atoms with E-state index < -0.39 is 0 Å². The molecule has 3 aromatic rings. The van der Waals surface area contributed by atoms with Crippen LogP contribution in [0.25, 0.3) is 0 Å². The molecule has 3 aromatic carbocycles. The molecule has 5 rings (SSSR count). The van der Waals surface area contributed by atoms with Crippen molar-refractivity contribution in [2.75, 3.05) is 19.9 Å². The van der Waals surface area contributed by atoms with Gasteiger partial charge in [-0.2, -0.15) is 0 Å². The van der Waals surface area contributed by atoms with E-state index in [0.717, 1.165) is 22.4 Å². The third-order valence-corrected chi connectivity index (χ3v) is 6.57. The molecule has 7 nitrogen and oxygen atoms in total. The van der Waals surface area contributed by atoms with E-state index >= 15 is 0 Å². The van der Waals surface area contributed by atoms with Crippen LogP contribution in [0.4, 0.5) is 4.79 Å². The van der Waals surface area contributed by atoms with Crippen molar-refractivity contribution in [2.45, 2.75) is 25.4 Å². The van der Waals surface area contributed by atoms with Crippen LogP contribution in [-0.4, -0.2) is 36.7 Å². The summed E-state index contributed by atoms with van der Waals surface area (Å²) in [6.45, 7) is 2.03. The summed E-state index contributed by atoms with van der Waals surface area (Å²) in [5.41, 5.74) is 3.12. The summed E-state index contributed by atoms with van der Waals surface area (Å²) in [5, 5.41) is 6.07. The van der Waals surface area contributed by atoms with Gasteiger partial charge in [-0.05, 0) is 35.2 Å². The smallest absolute Gasteiger partial charge is 0.317 e. The second-order valence-corrected chi connectivity index (χ2v) is 8.99. The van der Waals surface area contributed by atoms with Crippen molar-refractivity contribution in [2.24, 2.45) is 5.92 Å². The molecular formula is C28H29N3O4. The van der Waals surface area contributed by atoms with Gasteiger partial charge in [0.25, 0.3) is 0 Å². The lowest BCUT2D eigenvalue weighted by Crippen LogP contribution is -2.50. The van der Waals surface area contributed by atoms with E-state index in [2.05, 4.69) is 22.8 Å². The standard InChI is InChI=1S/C28H29N3O4/c32-27(29-16-21-11-12-25-26(13-21)35-19-34-25)24-14-23(22-9-5-2-6-10-22)17-31(18-24)28(33)30-15-20-7-3-1-4-8-20/h1-13,23-24H,14-19H2,(H,29,32)(H,30,33). The van der Waals surface area contributed by atoms with Gasteiger partial charge in [0.15, 0.2) is 11.5 Å². The van der Waals surface area contributed by atoms with Gasteiger partial charge in [0.2, 0.25) is 12.7 Å². The predicted molar refractivity (Wildman–Crippen MR) is 132 cm³/mol. The van der Waals surface area contributed by atoms with Crippen molar-refractivity contribution in [1.82, 2.24) is 15.5 Å². The average molecular weight is 472 g/mol. The van der Waals surface area contributed by atoms with E-state index in [0.29, 0.717) is 38.3 Å². The minimum absolute atomic E-state index is 0.0517. The number of hydrogen-bond acceptors (Lipinski definition) is 4. The Morgan fingerprint density at radius 2 is 1.51 bits per heavy atom. The van der Waals surface area contributed by atoms with Crippen molar-refractivity contribution < 1.29 is 19.1 Å². The molecule has 0 radical (unpaired) electrons. The number of fused-ring (bicyclic) bond motifs is 1. The minimum atomic E-state index is -0.301. The van der Waals surface area contributed by atoms with Crippen LogP contribution in [0, 0.1) is 5.92 Å². The van der Waals surface area contributed by atoms with E-state index in [-0.39, 0.29) is 30.6 Å². The highest BCUT2D eigenvalue weighted by Crippen LogP contribution is 2.33. The molecule has 180 valence electrons. The highest BCUT2D eigenvalue weighted by atomic mass is 16.7. The molecule has 3 amide bonds. The Kier molecular flexibility index (Phi) is 6.84. The lowest BCUT2D eigenvalue weighted by atomic mass is 9.84. The molecule has 2 unspecified atom stereocenters. The Labute approximate surface area is 205 Å². The topological polar surface area (TPSA) is 79.9 Å². The Balaban J connectivity index is 1.25. The first kappa shape index (κ1) is 22.8. The van der Waals surface area contributed by atoms with E-state index in [1.165, 1.54) is 0 Å². The quantitative estimate of drug-likeness (QED) is 0.569. The van der Waals surface area contributed by atoms with Crippen molar-refractivity contribution in [3.63, 3.8) is 0 Å². The summed E-state index contributed by atoms with van der Waals surface area (Å²) in [6.07, 6.45) is 0.694. The van der Waals surface area contributed by atoms with Crippen LogP contribution in [0.3, 0.4) is 0 Å². The molecule has 0 spiro atoms. The van der Waals surface area contributed by atoms with Crippen LogP contribution in [0.5, 0.6) is 11.5 Å². The van der Waals surface area contributed by atoms with Crippen LogP contribution in [0.2, 0.25) is 0 Å². The monoisotopic (exact) mass is 471 g/mol. The number of amides is 3. The minimum Gasteiger partial charge on any atom is -0.454 e. The van der Waals surface area contributed by atoms with E-state index in [1.54, 1.807) is 4.90 Å². The summed E-state index contributed by atoms with van der Waals surface area (Å²) in [6, 6.07) is 25.4. The molecule has 2 aliphatic rings. The van der Waals surface area contributed by atoms with E-state index in [1.807, 2.05) is 66.7 Å². The number of hydrogen-bond donors (Lipinski definition) is 2. The molecule has 1 saturated heterocycles. The summed E-state index contributed by atoms with van der Waals surface area (Å²) < 4.78 is 10.8. The normalized spacial score (nSPS) is 18.7. The van der Waals surface area contributed by atoms with Crippen LogP contribution in [0.1, 0.15) is 29.0 Å². The van der Waals surface area contributed by atoms with Crippen molar-refractivity contribution in [3.05, 3.63) is 95.6 Å². The zero-order valence-electron chi connectivity index (χ0n) is 19.5. The lowest BCUT2D eigenvalue weighted by Gasteiger charge is -2.37. The zero-order valence-corrected chi connectivity index (χ0v) is 19.5. The highest BCUT2D eigenvalue weighted by Gasteiger charge is 2.34. The largest absolute Gasteiger partial charge is 0.454 e. The van der Waals surface area contributed by atoms with Gasteiger partial charge in [-0.25, -0.2) is 4.79 Å². The molecule has 1 fully saturated rings. The average Bonchev–Trinajstić information content (AvgIpc) is 3.39. The van der Waals surface area contributed by atoms with Gasteiger partial charge >= 0.3 is 6.03 Å². The Bertz CT molecular complexity index is 1170. The Morgan fingerprint density at radius 1 is 0.800 bits per heavy atom. The fourth-order valence-electron chi connectivity index (χ4n) is 4.69. The molecule has 0 bridgehead atoms. The number of carbonyl (C=O) groups is 2. The third kappa shape index (κ3) is 5.57. The van der Waals surface area contributed by atoms with Gasteiger partial charge in [-0.15, -0.1) is 0 Å². The summed E-state index contributed by atoms with van der Waals surface area (Å²) in [5.74, 6) is 1.15. The number of carbonyl (C=O) groups excluding carboxylic acids is 2. The van der Waals surface area contributed by atoms with Crippen molar-refractivity contribution in [3.8, 4) is 11.5 Å². The van der Waals surface area contributed by atoms with Gasteiger partial charge in [0, 0.05) is 32.1 Å². The molecule has 2 atom stereocenters. The lowest BCUT2D eigenvalue weighted by molar-refractivity contribution is -0.126. The van der Waals surface area contributed by atoms with Crippen LogP contribution in [0.15, 0.2) is 78.9 Å². The fraction of sp³-hybridized carbons (Fsp3) is 0.286. The maximum absolute atomic E-state index is 13.2. The molecule has 2 heterocycles. The maximum Gasteiger partial charge on any atom is 0.317 e. The van der Waals surface area contributed by atoms with Gasteiger partial charge in [0.05, 0.1) is 5.92 Å². The van der Waals surface area contributed by atoms with Crippen molar-refractivity contribution in [1.29, 1.82) is 0 Å². The van der Waals surface area contributed by atoms with Gasteiger partial charge in [0.1, 0.15) is 0 Å². The summed E-state index contributed by atoms with van der Waals surface area (Å²) >= 11 is 0. The first-order chi connectivity index (χ1) is 17.2. The van der Waals surface area contributed by atoms with Crippen molar-refractivity contribution >= 4 is 11.9 Å². The first-order valence-corrected chi connectivity index (χ1v) is 11.9. The van der Waals surface area contributed by atoms with Crippen LogP contribution < -0.4 is 20.1 Å². The predicted octanol–water partition coefficient (Wildman–Crippen LogP) is 4.05. The molecule has 0 saturated carbocycles. The Morgan fingerprint density at radius 3 is 2.31 bits per heavy atom. The number of rotatable bonds is 6. The third-order valence-electron chi connectivity index (χ3n) is 6.57. The molecule has 2 aliphatic heterocycles. The molecule has 0 aliphatic carbocycles. The fourth-order valence-corrected chi connectivity index (χ4v) is 4.69. The molecule has 2 N–H and O–H groups in total. The second kappa shape index (κ2) is 10.5. The zero-order chi connectivity index (χ0) is 24.0. The Hall–Kier alpha value is -4.00. The maximum atomic E-state index is 13.2. The first-order valence-electron chi connectivity index (χ1n) is 11.9. The molecule has 0 aromatic heterocycles. The van der Waals surface area contributed by atoms with Crippen LogP contribution in [-0.2, 0) is 17.9 Å². The van der Waals surface area contributed by atoms with Gasteiger partial charge < -0.3 is 25.0 Å². The SMILES string of the molecule is O=C(NCc1ccc2c(c1)OCO2)C1CC(c2ccccc2)CN(C(=O)NCc2ccccc2)C1. The number of urea groups is 1. The number of nitrogens with one attached hydrogen (secondary N) is 2. The van der Waals surface area contributed by atoms with Gasteiger partial charge in [-0.1, -0.05) is 66.7 Å². The van der Waals surface area contributed by atoms with Gasteiger partial charge in [-0.3, -0.25) is 4.79 Å². The number of likely N-dealkylation sites (tertiary alicyclic amines) is 1. The summed E-state index contributed by atoms with van der Waals surface area (Å²) in [7, 11) is 0. The number of ether oxygens (including phenoxy) is 2. The van der Waals surface area contributed by atoms with E-state index in [9.17, 15) is 9.59 Å². The number of nitrogens with zero attached hydrogens (tertiary/aromatic N) is 1.